The Hall–Kier alpha value is -2.14. The Bertz CT molecular complexity index is 741. The Morgan fingerprint density at radius 3 is 2.78 bits per heavy atom. The topological polar surface area (TPSA) is 55.2 Å². The predicted octanol–water partition coefficient (Wildman–Crippen LogP) is 2.23. The molecule has 2 aromatic rings. The van der Waals surface area contributed by atoms with E-state index in [2.05, 4.69) is 5.10 Å². The van der Waals surface area contributed by atoms with Crippen molar-refractivity contribution in [3.63, 3.8) is 0 Å². The van der Waals surface area contributed by atoms with Crippen LogP contribution in [0, 0.1) is 5.92 Å². The zero-order valence-corrected chi connectivity index (χ0v) is 13.7. The molecule has 23 heavy (non-hydrogen) atoms. The average Bonchev–Trinajstić information content (AvgIpc) is 3.04. The molecule has 1 aliphatic rings. The molecule has 6 heteroatoms. The van der Waals surface area contributed by atoms with Gasteiger partial charge in [0.2, 0.25) is 11.8 Å². The lowest BCUT2D eigenvalue weighted by Gasteiger charge is -2.15. The van der Waals surface area contributed by atoms with Crippen molar-refractivity contribution in [3.8, 4) is 0 Å². The number of benzene rings is 1. The van der Waals surface area contributed by atoms with E-state index >= 15 is 0 Å². The first kappa shape index (κ1) is 15.7. The van der Waals surface area contributed by atoms with Crippen LogP contribution < -0.4 is 0 Å². The van der Waals surface area contributed by atoms with Crippen LogP contribution in [0.15, 0.2) is 36.7 Å². The van der Waals surface area contributed by atoms with Crippen LogP contribution in [0.5, 0.6) is 0 Å². The molecule has 2 heterocycles. The van der Waals surface area contributed by atoms with Gasteiger partial charge in [0.05, 0.1) is 12.1 Å². The van der Waals surface area contributed by atoms with E-state index in [1.807, 2.05) is 37.5 Å². The number of aryl methyl sites for hydroxylation is 1. The van der Waals surface area contributed by atoms with E-state index in [1.54, 1.807) is 10.9 Å². The maximum atomic E-state index is 12.5. The number of carbonyl (C=O) groups excluding carboxylic acids is 2. The van der Waals surface area contributed by atoms with E-state index in [4.69, 9.17) is 11.6 Å². The summed E-state index contributed by atoms with van der Waals surface area (Å²) in [4.78, 5) is 26.0. The molecule has 1 unspecified atom stereocenters. The molecule has 5 nitrogen and oxygen atoms in total. The van der Waals surface area contributed by atoms with E-state index in [0.717, 1.165) is 11.1 Å². The minimum Gasteiger partial charge on any atom is -0.282 e. The standard InChI is InChI=1S/C17H18ClN3O2/c1-20-11-12(10-19-20)8-14-9-16(22)21(17(14)23)7-6-13-4-2-3-5-15(13)18/h2-5,10-11,14H,6-9H2,1H3. The van der Waals surface area contributed by atoms with Crippen LogP contribution >= 0.6 is 11.6 Å². The van der Waals surface area contributed by atoms with Crippen molar-refractivity contribution in [2.45, 2.75) is 19.3 Å². The zero-order chi connectivity index (χ0) is 16.4. The number of amides is 2. The van der Waals surface area contributed by atoms with Crippen LogP contribution in [0.2, 0.25) is 5.02 Å². The summed E-state index contributed by atoms with van der Waals surface area (Å²) in [6.45, 7) is 0.380. The van der Waals surface area contributed by atoms with Gasteiger partial charge >= 0.3 is 0 Å². The first-order valence-corrected chi connectivity index (χ1v) is 7.97. The summed E-state index contributed by atoms with van der Waals surface area (Å²) < 4.78 is 1.70. The lowest BCUT2D eigenvalue weighted by Crippen LogP contribution is -2.33. The van der Waals surface area contributed by atoms with Crippen LogP contribution in [-0.2, 0) is 29.5 Å². The second kappa shape index (κ2) is 6.54. The summed E-state index contributed by atoms with van der Waals surface area (Å²) >= 11 is 6.12. The highest BCUT2D eigenvalue weighted by Gasteiger charge is 2.38. The Morgan fingerprint density at radius 2 is 2.09 bits per heavy atom. The van der Waals surface area contributed by atoms with Gasteiger partial charge < -0.3 is 0 Å². The van der Waals surface area contributed by atoms with Gasteiger partial charge in [0.15, 0.2) is 0 Å². The molecule has 0 N–H and O–H groups in total. The van der Waals surface area contributed by atoms with E-state index in [-0.39, 0.29) is 24.2 Å². The SMILES string of the molecule is Cn1cc(CC2CC(=O)N(CCc3ccccc3Cl)C2=O)cn1. The normalized spacial score (nSPS) is 18.0. The monoisotopic (exact) mass is 331 g/mol. The number of hydrogen-bond acceptors (Lipinski definition) is 3. The highest BCUT2D eigenvalue weighted by molar-refractivity contribution is 6.31. The summed E-state index contributed by atoms with van der Waals surface area (Å²) in [6, 6.07) is 7.50. The van der Waals surface area contributed by atoms with Gasteiger partial charge in [-0.2, -0.15) is 5.10 Å². The number of likely N-dealkylation sites (tertiary alicyclic amines) is 1. The quantitative estimate of drug-likeness (QED) is 0.789. The smallest absolute Gasteiger partial charge is 0.233 e. The molecule has 1 fully saturated rings. The summed E-state index contributed by atoms with van der Waals surface area (Å²) in [5, 5.41) is 4.76. The van der Waals surface area contributed by atoms with Crippen molar-refractivity contribution < 1.29 is 9.59 Å². The first-order valence-electron chi connectivity index (χ1n) is 7.59. The van der Waals surface area contributed by atoms with Gasteiger partial charge in [-0.25, -0.2) is 0 Å². The number of aromatic nitrogens is 2. The lowest BCUT2D eigenvalue weighted by atomic mass is 10.0. The van der Waals surface area contributed by atoms with Crippen LogP contribution in [-0.4, -0.2) is 33.0 Å². The van der Waals surface area contributed by atoms with E-state index in [9.17, 15) is 9.59 Å². The summed E-state index contributed by atoms with van der Waals surface area (Å²) in [7, 11) is 1.83. The second-order valence-corrected chi connectivity index (χ2v) is 6.26. The third kappa shape index (κ3) is 3.45. The third-order valence-electron chi connectivity index (χ3n) is 4.14. The second-order valence-electron chi connectivity index (χ2n) is 5.85. The minimum atomic E-state index is -0.280. The molecule has 1 aliphatic heterocycles. The Balaban J connectivity index is 1.63. The predicted molar refractivity (Wildman–Crippen MR) is 86.9 cm³/mol. The van der Waals surface area contributed by atoms with Gasteiger partial charge in [-0.1, -0.05) is 29.8 Å². The molecule has 2 amide bonds. The van der Waals surface area contributed by atoms with Gasteiger partial charge in [0, 0.05) is 31.2 Å². The molecular formula is C17H18ClN3O2. The number of imide groups is 1. The molecular weight excluding hydrogens is 314 g/mol. The number of carbonyl (C=O) groups is 2. The van der Waals surface area contributed by atoms with Crippen molar-refractivity contribution in [3.05, 3.63) is 52.8 Å². The number of hydrogen-bond donors (Lipinski definition) is 0. The highest BCUT2D eigenvalue weighted by atomic mass is 35.5. The maximum Gasteiger partial charge on any atom is 0.233 e. The molecule has 120 valence electrons. The van der Waals surface area contributed by atoms with Crippen molar-refractivity contribution in [2.75, 3.05) is 6.54 Å². The van der Waals surface area contributed by atoms with Crippen LogP contribution in [0.1, 0.15) is 17.5 Å². The van der Waals surface area contributed by atoms with E-state index in [1.165, 1.54) is 4.90 Å². The lowest BCUT2D eigenvalue weighted by molar-refractivity contribution is -0.139. The zero-order valence-electron chi connectivity index (χ0n) is 12.9. The third-order valence-corrected chi connectivity index (χ3v) is 4.51. The van der Waals surface area contributed by atoms with Crippen LogP contribution in [0.25, 0.3) is 0 Å². The molecule has 0 radical (unpaired) electrons. The Kier molecular flexibility index (Phi) is 4.48. The number of rotatable bonds is 5. The molecule has 1 aromatic heterocycles. The highest BCUT2D eigenvalue weighted by Crippen LogP contribution is 2.24. The fraction of sp³-hybridized carbons (Fsp3) is 0.353. The van der Waals surface area contributed by atoms with Crippen LogP contribution in [0.4, 0.5) is 0 Å². The average molecular weight is 332 g/mol. The molecule has 0 spiro atoms. The molecule has 1 aromatic carbocycles. The van der Waals surface area contributed by atoms with Gasteiger partial charge in [-0.3, -0.25) is 19.2 Å². The van der Waals surface area contributed by atoms with Crippen molar-refractivity contribution >= 4 is 23.4 Å². The van der Waals surface area contributed by atoms with Gasteiger partial charge in [-0.15, -0.1) is 0 Å². The van der Waals surface area contributed by atoms with Crippen molar-refractivity contribution in [1.82, 2.24) is 14.7 Å². The first-order chi connectivity index (χ1) is 11.0. The number of halogens is 1. The Labute approximate surface area is 139 Å². The summed E-state index contributed by atoms with van der Waals surface area (Å²) in [5.41, 5.74) is 1.93. The Morgan fingerprint density at radius 1 is 1.30 bits per heavy atom. The van der Waals surface area contributed by atoms with E-state index < -0.39 is 0 Å². The minimum absolute atomic E-state index is 0.0918. The fourth-order valence-electron chi connectivity index (χ4n) is 2.94. The van der Waals surface area contributed by atoms with Crippen LogP contribution in [0.3, 0.4) is 0 Å². The molecule has 1 atom stereocenters. The molecule has 0 saturated carbocycles. The van der Waals surface area contributed by atoms with Crippen molar-refractivity contribution in [1.29, 1.82) is 0 Å². The number of nitrogens with zero attached hydrogens (tertiary/aromatic N) is 3. The molecule has 1 saturated heterocycles. The van der Waals surface area contributed by atoms with Gasteiger partial charge in [0.1, 0.15) is 0 Å². The summed E-state index contributed by atoms with van der Waals surface area (Å²) in [5.74, 6) is -0.472. The van der Waals surface area contributed by atoms with Gasteiger partial charge in [0.25, 0.3) is 0 Å². The van der Waals surface area contributed by atoms with Gasteiger partial charge in [-0.05, 0) is 30.0 Å². The fourth-order valence-corrected chi connectivity index (χ4v) is 3.17. The molecule has 0 aliphatic carbocycles. The largest absolute Gasteiger partial charge is 0.282 e. The van der Waals surface area contributed by atoms with E-state index in [0.29, 0.717) is 24.4 Å². The molecule has 0 bridgehead atoms. The maximum absolute atomic E-state index is 12.5. The molecule has 3 rings (SSSR count). The summed E-state index contributed by atoms with van der Waals surface area (Å²) in [6.07, 6.45) is 5.03. The van der Waals surface area contributed by atoms with Crippen molar-refractivity contribution in [2.24, 2.45) is 13.0 Å².